The Labute approximate surface area is 99.8 Å². The monoisotopic (exact) mass is 268 g/mol. The summed E-state index contributed by atoms with van der Waals surface area (Å²) in [4.78, 5) is 6.84. The summed E-state index contributed by atoms with van der Waals surface area (Å²) in [5.74, 6) is 1.13. The standard InChI is InChI=1S/C12H17BrN2/c1-9-7-10(13)8-14-12(9)15(2)11-5-3-4-6-11/h7-8,11H,3-6H2,1-2H3. The van der Waals surface area contributed by atoms with E-state index in [4.69, 9.17) is 0 Å². The zero-order valence-electron chi connectivity index (χ0n) is 9.33. The average Bonchev–Trinajstić information content (AvgIpc) is 2.69. The number of hydrogen-bond donors (Lipinski definition) is 0. The van der Waals surface area contributed by atoms with Crippen molar-refractivity contribution in [2.75, 3.05) is 11.9 Å². The first-order valence-corrected chi connectivity index (χ1v) is 6.33. The predicted octanol–water partition coefficient (Wildman–Crippen LogP) is 3.53. The first kappa shape index (κ1) is 10.9. The van der Waals surface area contributed by atoms with Gasteiger partial charge < -0.3 is 4.90 Å². The lowest BCUT2D eigenvalue weighted by Gasteiger charge is -2.26. The van der Waals surface area contributed by atoms with Crippen LogP contribution in [0, 0.1) is 6.92 Å². The van der Waals surface area contributed by atoms with Gasteiger partial charge in [-0.15, -0.1) is 0 Å². The van der Waals surface area contributed by atoms with Gasteiger partial charge in [0.1, 0.15) is 5.82 Å². The summed E-state index contributed by atoms with van der Waals surface area (Å²) in [6.07, 6.45) is 7.24. The van der Waals surface area contributed by atoms with E-state index >= 15 is 0 Å². The minimum atomic E-state index is 0.692. The van der Waals surface area contributed by atoms with Crippen molar-refractivity contribution >= 4 is 21.7 Å². The van der Waals surface area contributed by atoms with E-state index in [1.165, 1.54) is 31.2 Å². The van der Waals surface area contributed by atoms with Crippen LogP contribution in [0.25, 0.3) is 0 Å². The molecule has 1 saturated carbocycles. The van der Waals surface area contributed by atoms with E-state index in [1.54, 1.807) is 0 Å². The molecule has 0 unspecified atom stereocenters. The number of aromatic nitrogens is 1. The molecule has 1 aromatic heterocycles. The fourth-order valence-corrected chi connectivity index (χ4v) is 2.81. The van der Waals surface area contributed by atoms with E-state index in [-0.39, 0.29) is 0 Å². The maximum Gasteiger partial charge on any atom is 0.131 e. The molecule has 1 heterocycles. The van der Waals surface area contributed by atoms with Crippen LogP contribution in [0.1, 0.15) is 31.2 Å². The van der Waals surface area contributed by atoms with Gasteiger partial charge in [-0.2, -0.15) is 0 Å². The molecule has 0 bridgehead atoms. The van der Waals surface area contributed by atoms with Gasteiger partial charge in [0.05, 0.1) is 0 Å². The summed E-state index contributed by atoms with van der Waals surface area (Å²) in [6, 6.07) is 2.82. The van der Waals surface area contributed by atoms with Crippen molar-refractivity contribution in [3.63, 3.8) is 0 Å². The van der Waals surface area contributed by atoms with E-state index in [0.717, 1.165) is 10.3 Å². The van der Waals surface area contributed by atoms with E-state index in [1.807, 2.05) is 6.20 Å². The molecule has 0 aliphatic heterocycles. The Hall–Kier alpha value is -0.570. The van der Waals surface area contributed by atoms with Crippen LogP contribution >= 0.6 is 15.9 Å². The molecule has 1 aliphatic carbocycles. The molecule has 0 radical (unpaired) electrons. The van der Waals surface area contributed by atoms with Crippen molar-refractivity contribution in [2.24, 2.45) is 0 Å². The van der Waals surface area contributed by atoms with Gasteiger partial charge in [-0.05, 0) is 47.3 Å². The molecule has 1 fully saturated rings. The van der Waals surface area contributed by atoms with Gasteiger partial charge in [0.15, 0.2) is 0 Å². The summed E-state index contributed by atoms with van der Waals surface area (Å²) in [7, 11) is 2.17. The molecule has 1 aliphatic rings. The molecular formula is C12H17BrN2. The molecule has 2 nitrogen and oxygen atoms in total. The largest absolute Gasteiger partial charge is 0.356 e. The van der Waals surface area contributed by atoms with E-state index in [0.29, 0.717) is 6.04 Å². The Morgan fingerprint density at radius 2 is 2.07 bits per heavy atom. The second-order valence-corrected chi connectivity index (χ2v) is 5.26. The molecule has 3 heteroatoms. The third kappa shape index (κ3) is 2.33. The van der Waals surface area contributed by atoms with Crippen molar-refractivity contribution in [1.82, 2.24) is 4.98 Å². The number of rotatable bonds is 2. The van der Waals surface area contributed by atoms with Crippen LogP contribution in [-0.2, 0) is 0 Å². The van der Waals surface area contributed by atoms with Crippen LogP contribution in [0.2, 0.25) is 0 Å². The summed E-state index contributed by atoms with van der Waals surface area (Å²) in [5.41, 5.74) is 1.25. The minimum Gasteiger partial charge on any atom is -0.356 e. The molecule has 0 N–H and O–H groups in total. The lowest BCUT2D eigenvalue weighted by molar-refractivity contribution is 0.645. The normalized spacial score (nSPS) is 17.0. The zero-order chi connectivity index (χ0) is 10.8. The van der Waals surface area contributed by atoms with Crippen molar-refractivity contribution in [3.8, 4) is 0 Å². The van der Waals surface area contributed by atoms with Gasteiger partial charge in [0.25, 0.3) is 0 Å². The predicted molar refractivity (Wildman–Crippen MR) is 67.3 cm³/mol. The molecule has 0 saturated heterocycles. The SMILES string of the molecule is Cc1cc(Br)cnc1N(C)C1CCCC1. The quantitative estimate of drug-likeness (QED) is 0.816. The second kappa shape index (κ2) is 4.52. The lowest BCUT2D eigenvalue weighted by Crippen LogP contribution is -2.30. The molecular weight excluding hydrogens is 252 g/mol. The summed E-state index contributed by atoms with van der Waals surface area (Å²) < 4.78 is 1.06. The average molecular weight is 269 g/mol. The van der Waals surface area contributed by atoms with Crippen molar-refractivity contribution < 1.29 is 0 Å². The number of anilines is 1. The molecule has 0 spiro atoms. The smallest absolute Gasteiger partial charge is 0.131 e. The topological polar surface area (TPSA) is 16.1 Å². The fourth-order valence-electron chi connectivity index (χ4n) is 2.37. The van der Waals surface area contributed by atoms with Gasteiger partial charge in [-0.25, -0.2) is 4.98 Å². The Kier molecular flexibility index (Phi) is 3.29. The van der Waals surface area contributed by atoms with Crippen molar-refractivity contribution in [3.05, 3.63) is 22.3 Å². The maximum absolute atomic E-state index is 4.50. The van der Waals surface area contributed by atoms with Crippen LogP contribution in [-0.4, -0.2) is 18.1 Å². The second-order valence-electron chi connectivity index (χ2n) is 4.34. The van der Waals surface area contributed by atoms with Gasteiger partial charge in [0.2, 0.25) is 0 Å². The molecule has 1 aromatic rings. The highest BCUT2D eigenvalue weighted by Gasteiger charge is 2.21. The van der Waals surface area contributed by atoms with Crippen molar-refractivity contribution in [2.45, 2.75) is 38.6 Å². The van der Waals surface area contributed by atoms with Crippen LogP contribution in [0.5, 0.6) is 0 Å². The van der Waals surface area contributed by atoms with Crippen LogP contribution in [0.15, 0.2) is 16.7 Å². The molecule has 82 valence electrons. The maximum atomic E-state index is 4.50. The highest BCUT2D eigenvalue weighted by molar-refractivity contribution is 9.10. The zero-order valence-corrected chi connectivity index (χ0v) is 10.9. The summed E-state index contributed by atoms with van der Waals surface area (Å²) >= 11 is 3.45. The molecule has 0 amide bonds. The van der Waals surface area contributed by atoms with Crippen LogP contribution in [0.4, 0.5) is 5.82 Å². The number of pyridine rings is 1. The summed E-state index contributed by atoms with van der Waals surface area (Å²) in [6.45, 7) is 2.12. The van der Waals surface area contributed by atoms with Crippen LogP contribution in [0.3, 0.4) is 0 Å². The number of nitrogens with zero attached hydrogens (tertiary/aromatic N) is 2. The summed E-state index contributed by atoms with van der Waals surface area (Å²) in [5, 5.41) is 0. The minimum absolute atomic E-state index is 0.692. The Balaban J connectivity index is 2.20. The third-order valence-corrected chi connectivity index (χ3v) is 3.66. The Morgan fingerprint density at radius 1 is 1.40 bits per heavy atom. The molecule has 0 aromatic carbocycles. The van der Waals surface area contributed by atoms with Crippen molar-refractivity contribution in [1.29, 1.82) is 0 Å². The van der Waals surface area contributed by atoms with Gasteiger partial charge in [0, 0.05) is 23.8 Å². The highest BCUT2D eigenvalue weighted by Crippen LogP contribution is 2.28. The Morgan fingerprint density at radius 3 is 2.67 bits per heavy atom. The molecule has 15 heavy (non-hydrogen) atoms. The van der Waals surface area contributed by atoms with E-state index < -0.39 is 0 Å². The fraction of sp³-hybridized carbons (Fsp3) is 0.583. The van der Waals surface area contributed by atoms with E-state index in [2.05, 4.69) is 45.9 Å². The Bertz CT molecular complexity index is 345. The number of halogens is 1. The van der Waals surface area contributed by atoms with Crippen LogP contribution < -0.4 is 4.90 Å². The number of aryl methyl sites for hydroxylation is 1. The highest BCUT2D eigenvalue weighted by atomic mass is 79.9. The first-order chi connectivity index (χ1) is 7.18. The third-order valence-electron chi connectivity index (χ3n) is 3.22. The lowest BCUT2D eigenvalue weighted by atomic mass is 10.2. The van der Waals surface area contributed by atoms with Gasteiger partial charge >= 0.3 is 0 Å². The van der Waals surface area contributed by atoms with E-state index in [9.17, 15) is 0 Å². The first-order valence-electron chi connectivity index (χ1n) is 5.53. The number of hydrogen-bond acceptors (Lipinski definition) is 2. The van der Waals surface area contributed by atoms with Gasteiger partial charge in [-0.1, -0.05) is 12.8 Å². The molecule has 2 rings (SSSR count). The molecule has 0 atom stereocenters. The van der Waals surface area contributed by atoms with Gasteiger partial charge in [-0.3, -0.25) is 0 Å².